The van der Waals surface area contributed by atoms with Crippen LogP contribution in [-0.2, 0) is 0 Å². The summed E-state index contributed by atoms with van der Waals surface area (Å²) in [7, 11) is 0. The fourth-order valence-electron chi connectivity index (χ4n) is 3.72. The van der Waals surface area contributed by atoms with Crippen molar-refractivity contribution in [2.24, 2.45) is 0 Å². The van der Waals surface area contributed by atoms with Crippen LogP contribution in [0.25, 0.3) is 16.7 Å². The van der Waals surface area contributed by atoms with Crippen LogP contribution in [0, 0.1) is 12.7 Å². The summed E-state index contributed by atoms with van der Waals surface area (Å²) in [6, 6.07) is 20.4. The minimum Gasteiger partial charge on any atom is -0.325 e. The first-order chi connectivity index (χ1) is 13.6. The number of rotatable bonds is 2. The highest BCUT2D eigenvalue weighted by Gasteiger charge is 2.28. The molecule has 2 heterocycles. The van der Waals surface area contributed by atoms with Crippen LogP contribution < -0.4 is 5.32 Å². The molecule has 1 unspecified atom stereocenters. The van der Waals surface area contributed by atoms with E-state index < -0.39 is 6.04 Å². The molecule has 0 amide bonds. The molecule has 4 aromatic rings. The number of nitrogens with one attached hydrogen (secondary N) is 1. The molecule has 1 aliphatic rings. The van der Waals surface area contributed by atoms with Crippen molar-refractivity contribution in [1.82, 2.24) is 9.55 Å². The van der Waals surface area contributed by atoms with Crippen molar-refractivity contribution < 1.29 is 4.39 Å². The Morgan fingerprint density at radius 1 is 1.00 bits per heavy atom. The lowest BCUT2D eigenvalue weighted by molar-refractivity contribution is 0.584. The Bertz CT molecular complexity index is 1200. The van der Waals surface area contributed by atoms with Gasteiger partial charge in [0.1, 0.15) is 5.82 Å². The molecule has 3 nitrogen and oxygen atoms in total. The summed E-state index contributed by atoms with van der Waals surface area (Å²) in [5.41, 5.74) is 5.30. The molecule has 5 rings (SSSR count). The molecule has 0 spiro atoms. The second-order valence-corrected chi connectivity index (χ2v) is 7.35. The number of fused-ring (bicyclic) bond motifs is 3. The van der Waals surface area contributed by atoms with Gasteiger partial charge in [0.05, 0.1) is 17.1 Å². The molecule has 0 bridgehead atoms. The number of aromatic nitrogens is 2. The van der Waals surface area contributed by atoms with Crippen molar-refractivity contribution in [3.8, 4) is 0 Å². The van der Waals surface area contributed by atoms with E-state index in [0.29, 0.717) is 16.5 Å². The highest BCUT2D eigenvalue weighted by Crippen LogP contribution is 2.39. The molecule has 0 saturated carbocycles. The van der Waals surface area contributed by atoms with E-state index in [0.717, 1.165) is 22.3 Å². The average molecular weight is 390 g/mol. The summed E-state index contributed by atoms with van der Waals surface area (Å²) in [4.78, 5) is 4.73. The minimum absolute atomic E-state index is 0.331. The fourth-order valence-corrected chi connectivity index (χ4v) is 3.99. The number of anilines is 1. The van der Waals surface area contributed by atoms with Gasteiger partial charge in [-0.15, -0.1) is 0 Å². The molecule has 0 fully saturated rings. The van der Waals surface area contributed by atoms with E-state index >= 15 is 0 Å². The van der Waals surface area contributed by atoms with Gasteiger partial charge in [-0.2, -0.15) is 0 Å². The molecular formula is C23H17ClFN3. The number of allylic oxidation sites excluding steroid dienone is 1. The number of halogens is 2. The molecule has 3 aromatic carbocycles. The predicted molar refractivity (Wildman–Crippen MR) is 112 cm³/mol. The monoisotopic (exact) mass is 389 g/mol. The Morgan fingerprint density at radius 2 is 1.79 bits per heavy atom. The summed E-state index contributed by atoms with van der Waals surface area (Å²) >= 11 is 6.44. The molecule has 0 radical (unpaired) electrons. The third kappa shape index (κ3) is 2.69. The first-order valence-electron chi connectivity index (χ1n) is 9.08. The minimum atomic E-state index is -0.409. The van der Waals surface area contributed by atoms with Crippen molar-refractivity contribution in [3.63, 3.8) is 0 Å². The quantitative estimate of drug-likeness (QED) is 0.442. The normalized spacial score (nSPS) is 15.8. The van der Waals surface area contributed by atoms with E-state index in [2.05, 4.69) is 17.4 Å². The molecule has 1 aliphatic heterocycles. The molecule has 0 saturated heterocycles. The van der Waals surface area contributed by atoms with E-state index in [1.807, 2.05) is 54.0 Å². The Balaban J connectivity index is 1.77. The molecule has 1 aromatic heterocycles. The van der Waals surface area contributed by atoms with Crippen LogP contribution in [0.15, 0.2) is 72.8 Å². The van der Waals surface area contributed by atoms with Gasteiger partial charge in [0.15, 0.2) is 0 Å². The standard InChI is InChI=1S/C23H17ClFN3/c1-14-9-11-15(12-10-14)19-13-21(22-16(24)5-4-6-17(22)25)28-20-8-3-2-7-18(20)26-23(28)27-19/h2-13,21H,1H3,(H,26,27). The lowest BCUT2D eigenvalue weighted by Gasteiger charge is -2.27. The van der Waals surface area contributed by atoms with Crippen LogP contribution in [0.3, 0.4) is 0 Å². The maximum absolute atomic E-state index is 14.8. The summed E-state index contributed by atoms with van der Waals surface area (Å²) in [6.45, 7) is 2.05. The van der Waals surface area contributed by atoms with Gasteiger partial charge >= 0.3 is 0 Å². The summed E-state index contributed by atoms with van der Waals surface area (Å²) in [5.74, 6) is 0.339. The molecule has 0 aliphatic carbocycles. The van der Waals surface area contributed by atoms with Crippen LogP contribution in [0.5, 0.6) is 0 Å². The van der Waals surface area contributed by atoms with Crippen molar-refractivity contribution in [3.05, 3.63) is 100 Å². The Morgan fingerprint density at radius 3 is 2.57 bits per heavy atom. The molecule has 1 N–H and O–H groups in total. The van der Waals surface area contributed by atoms with Crippen LogP contribution in [0.4, 0.5) is 10.3 Å². The van der Waals surface area contributed by atoms with E-state index in [1.54, 1.807) is 12.1 Å². The van der Waals surface area contributed by atoms with E-state index in [4.69, 9.17) is 16.6 Å². The van der Waals surface area contributed by atoms with Crippen molar-refractivity contribution in [2.45, 2.75) is 13.0 Å². The predicted octanol–water partition coefficient (Wildman–Crippen LogP) is 6.19. The van der Waals surface area contributed by atoms with Crippen molar-refractivity contribution in [1.29, 1.82) is 0 Å². The van der Waals surface area contributed by atoms with Crippen molar-refractivity contribution >= 4 is 34.3 Å². The van der Waals surface area contributed by atoms with Gasteiger partial charge in [-0.3, -0.25) is 4.57 Å². The number of imidazole rings is 1. The zero-order chi connectivity index (χ0) is 19.3. The number of nitrogens with zero attached hydrogens (tertiary/aromatic N) is 2. The topological polar surface area (TPSA) is 29.9 Å². The largest absolute Gasteiger partial charge is 0.325 e. The van der Waals surface area contributed by atoms with Gasteiger partial charge in [-0.25, -0.2) is 9.37 Å². The highest BCUT2D eigenvalue weighted by atomic mass is 35.5. The number of hydrogen-bond acceptors (Lipinski definition) is 2. The molecule has 5 heteroatoms. The number of aryl methyl sites for hydroxylation is 1. The van der Waals surface area contributed by atoms with Gasteiger partial charge in [-0.1, -0.05) is 59.6 Å². The van der Waals surface area contributed by atoms with Crippen LogP contribution in [0.2, 0.25) is 5.02 Å². The van der Waals surface area contributed by atoms with Crippen LogP contribution in [0.1, 0.15) is 22.7 Å². The Hall–Kier alpha value is -3.11. The van der Waals surface area contributed by atoms with Crippen LogP contribution >= 0.6 is 11.6 Å². The van der Waals surface area contributed by atoms with Gasteiger partial charge in [0, 0.05) is 16.3 Å². The number of hydrogen-bond donors (Lipinski definition) is 1. The SMILES string of the molecule is Cc1ccc(C2=CC(c3c(F)cccc3Cl)n3c(nc4ccccc43)N2)cc1. The lowest BCUT2D eigenvalue weighted by atomic mass is 10.00. The average Bonchev–Trinajstić information content (AvgIpc) is 3.07. The second-order valence-electron chi connectivity index (χ2n) is 6.95. The maximum Gasteiger partial charge on any atom is 0.209 e. The Labute approximate surface area is 167 Å². The van der Waals surface area contributed by atoms with Gasteiger partial charge in [0.2, 0.25) is 5.95 Å². The number of benzene rings is 3. The Kier molecular flexibility index (Phi) is 3.95. The van der Waals surface area contributed by atoms with E-state index in [-0.39, 0.29) is 5.82 Å². The molecule has 28 heavy (non-hydrogen) atoms. The second kappa shape index (κ2) is 6.50. The molecule has 138 valence electrons. The van der Waals surface area contributed by atoms with E-state index in [9.17, 15) is 4.39 Å². The molecule has 1 atom stereocenters. The number of para-hydroxylation sites is 2. The smallest absolute Gasteiger partial charge is 0.209 e. The van der Waals surface area contributed by atoms with E-state index in [1.165, 1.54) is 11.6 Å². The fraction of sp³-hybridized carbons (Fsp3) is 0.0870. The first-order valence-corrected chi connectivity index (χ1v) is 9.46. The van der Waals surface area contributed by atoms with Crippen molar-refractivity contribution in [2.75, 3.05) is 5.32 Å². The van der Waals surface area contributed by atoms with Crippen LogP contribution in [-0.4, -0.2) is 9.55 Å². The maximum atomic E-state index is 14.8. The third-order valence-electron chi connectivity index (χ3n) is 5.10. The zero-order valence-electron chi connectivity index (χ0n) is 15.2. The summed E-state index contributed by atoms with van der Waals surface area (Å²) in [5, 5.41) is 3.81. The molecular weight excluding hydrogens is 373 g/mol. The summed E-state index contributed by atoms with van der Waals surface area (Å²) in [6.07, 6.45) is 2.01. The summed E-state index contributed by atoms with van der Waals surface area (Å²) < 4.78 is 16.8. The zero-order valence-corrected chi connectivity index (χ0v) is 15.9. The first kappa shape index (κ1) is 17.0. The van der Waals surface area contributed by atoms with Gasteiger partial charge in [0.25, 0.3) is 0 Å². The van der Waals surface area contributed by atoms with Gasteiger partial charge in [-0.05, 0) is 42.8 Å². The third-order valence-corrected chi connectivity index (χ3v) is 5.43. The van der Waals surface area contributed by atoms with Gasteiger partial charge < -0.3 is 5.32 Å². The lowest BCUT2D eigenvalue weighted by Crippen LogP contribution is -2.20. The highest BCUT2D eigenvalue weighted by molar-refractivity contribution is 6.31.